The summed E-state index contributed by atoms with van der Waals surface area (Å²) in [4.78, 5) is 2.61. The third-order valence-electron chi connectivity index (χ3n) is 5.15. The van der Waals surface area contributed by atoms with E-state index < -0.39 is 0 Å². The highest BCUT2D eigenvalue weighted by Crippen LogP contribution is 2.28. The van der Waals surface area contributed by atoms with Gasteiger partial charge in [-0.15, -0.1) is 11.6 Å². The average molecular weight is 310 g/mol. The number of halogens is 1. The van der Waals surface area contributed by atoms with Crippen molar-refractivity contribution in [1.29, 1.82) is 0 Å². The maximum Gasteiger partial charge on any atom is 0.0765 e. The van der Waals surface area contributed by atoms with Crippen molar-refractivity contribution in [2.75, 3.05) is 12.4 Å². The molecule has 0 N–H and O–H groups in total. The monoisotopic (exact) mass is 309 g/mol. The molecule has 1 atom stereocenters. The molecule has 1 aliphatic heterocycles. The molecule has 0 bridgehead atoms. The Morgan fingerprint density at radius 3 is 2.81 bits per heavy atom. The van der Waals surface area contributed by atoms with E-state index in [1.54, 1.807) is 0 Å². The van der Waals surface area contributed by atoms with E-state index in [-0.39, 0.29) is 0 Å². The summed E-state index contributed by atoms with van der Waals surface area (Å²) in [7, 11) is 0. The summed E-state index contributed by atoms with van der Waals surface area (Å²) in [6.45, 7) is 2.25. The van der Waals surface area contributed by atoms with Gasteiger partial charge in [-0.2, -0.15) is 5.10 Å². The Kier molecular flexibility index (Phi) is 5.59. The quantitative estimate of drug-likeness (QED) is 0.727. The maximum absolute atomic E-state index is 5.84. The third kappa shape index (κ3) is 4.01. The maximum atomic E-state index is 5.84. The molecule has 1 aromatic rings. The Morgan fingerprint density at radius 2 is 2.00 bits per heavy atom. The number of nitrogens with zero attached hydrogens (tertiary/aromatic N) is 3. The van der Waals surface area contributed by atoms with Crippen molar-refractivity contribution in [3.8, 4) is 0 Å². The number of alkyl halides is 1. The molecule has 1 aliphatic carbocycles. The summed E-state index contributed by atoms with van der Waals surface area (Å²) >= 11 is 5.84. The molecule has 3 nitrogen and oxygen atoms in total. The smallest absolute Gasteiger partial charge is 0.0765 e. The van der Waals surface area contributed by atoms with Crippen LogP contribution >= 0.6 is 11.6 Å². The van der Waals surface area contributed by atoms with Gasteiger partial charge in [-0.3, -0.25) is 9.58 Å². The molecule has 4 heteroatoms. The van der Waals surface area contributed by atoms with Crippen LogP contribution in [-0.4, -0.2) is 33.1 Å². The summed E-state index contributed by atoms with van der Waals surface area (Å²) in [6.07, 6.45) is 14.0. The Balaban J connectivity index is 1.56. The Labute approximate surface area is 133 Å². The van der Waals surface area contributed by atoms with Gasteiger partial charge in [0.2, 0.25) is 0 Å². The summed E-state index contributed by atoms with van der Waals surface area (Å²) in [6, 6.07) is 3.60. The first-order chi connectivity index (χ1) is 10.4. The molecule has 2 aliphatic rings. The SMILES string of the molecule is ClCCCC1CCCN1Cc1ccn(C2CCCCC2)n1. The molecule has 118 valence electrons. The van der Waals surface area contributed by atoms with E-state index in [1.807, 2.05) is 0 Å². The van der Waals surface area contributed by atoms with Gasteiger partial charge in [0.1, 0.15) is 0 Å². The molecule has 0 radical (unpaired) electrons. The highest BCUT2D eigenvalue weighted by molar-refractivity contribution is 6.17. The van der Waals surface area contributed by atoms with Crippen LogP contribution in [0.2, 0.25) is 0 Å². The van der Waals surface area contributed by atoms with Crippen molar-refractivity contribution >= 4 is 11.6 Å². The molecule has 0 aromatic carbocycles. The van der Waals surface area contributed by atoms with Crippen LogP contribution in [0.25, 0.3) is 0 Å². The topological polar surface area (TPSA) is 21.1 Å². The second-order valence-electron chi connectivity index (χ2n) is 6.68. The minimum Gasteiger partial charge on any atom is -0.294 e. The summed E-state index contributed by atoms with van der Waals surface area (Å²) < 4.78 is 2.23. The van der Waals surface area contributed by atoms with Gasteiger partial charge in [-0.1, -0.05) is 19.3 Å². The van der Waals surface area contributed by atoms with Gasteiger partial charge >= 0.3 is 0 Å². The average Bonchev–Trinajstić information content (AvgIpc) is 3.16. The van der Waals surface area contributed by atoms with Crippen molar-refractivity contribution in [3.63, 3.8) is 0 Å². The van der Waals surface area contributed by atoms with Gasteiger partial charge in [0.15, 0.2) is 0 Å². The molecule has 1 unspecified atom stereocenters. The van der Waals surface area contributed by atoms with Crippen LogP contribution in [0.15, 0.2) is 12.3 Å². The molecule has 2 heterocycles. The van der Waals surface area contributed by atoms with E-state index in [0.717, 1.165) is 24.9 Å². The van der Waals surface area contributed by atoms with Crippen molar-refractivity contribution in [3.05, 3.63) is 18.0 Å². The van der Waals surface area contributed by atoms with Gasteiger partial charge in [0.05, 0.1) is 11.7 Å². The molecule has 0 spiro atoms. The lowest BCUT2D eigenvalue weighted by Gasteiger charge is -2.24. The fourth-order valence-electron chi connectivity index (χ4n) is 3.96. The molecule has 3 rings (SSSR count). The van der Waals surface area contributed by atoms with E-state index in [9.17, 15) is 0 Å². The summed E-state index contributed by atoms with van der Waals surface area (Å²) in [5, 5.41) is 4.86. The van der Waals surface area contributed by atoms with Crippen LogP contribution in [0.5, 0.6) is 0 Å². The molecule has 1 saturated heterocycles. The zero-order valence-electron chi connectivity index (χ0n) is 13.0. The van der Waals surface area contributed by atoms with E-state index in [2.05, 4.69) is 21.8 Å². The first-order valence-corrected chi connectivity index (χ1v) is 9.24. The van der Waals surface area contributed by atoms with E-state index >= 15 is 0 Å². The lowest BCUT2D eigenvalue weighted by atomic mass is 9.96. The predicted molar refractivity (Wildman–Crippen MR) is 87.7 cm³/mol. The second kappa shape index (κ2) is 7.64. The molecule has 2 fully saturated rings. The van der Waals surface area contributed by atoms with Gasteiger partial charge < -0.3 is 0 Å². The molecular weight excluding hydrogens is 282 g/mol. The van der Waals surface area contributed by atoms with Crippen LogP contribution < -0.4 is 0 Å². The molecular formula is C17H28ClN3. The third-order valence-corrected chi connectivity index (χ3v) is 5.41. The summed E-state index contributed by atoms with van der Waals surface area (Å²) in [5.41, 5.74) is 1.25. The Morgan fingerprint density at radius 1 is 1.14 bits per heavy atom. The highest BCUT2D eigenvalue weighted by atomic mass is 35.5. The van der Waals surface area contributed by atoms with Crippen LogP contribution in [0.1, 0.15) is 69.5 Å². The first-order valence-electron chi connectivity index (χ1n) is 8.71. The number of rotatable bonds is 6. The minimum atomic E-state index is 0.651. The first kappa shape index (κ1) is 15.4. The standard InChI is InChI=1S/C17H28ClN3/c18-11-4-8-16-9-5-12-20(16)14-15-10-13-21(19-15)17-6-2-1-3-7-17/h10,13,16-17H,1-9,11-12,14H2. The number of likely N-dealkylation sites (tertiary alicyclic amines) is 1. The van der Waals surface area contributed by atoms with Gasteiger partial charge in [-0.25, -0.2) is 0 Å². The zero-order chi connectivity index (χ0) is 14.5. The van der Waals surface area contributed by atoms with Crippen LogP contribution in [-0.2, 0) is 6.54 Å². The second-order valence-corrected chi connectivity index (χ2v) is 7.05. The van der Waals surface area contributed by atoms with Crippen LogP contribution in [0, 0.1) is 0 Å². The molecule has 0 amide bonds. The van der Waals surface area contributed by atoms with E-state index in [1.165, 1.54) is 63.6 Å². The Bertz CT molecular complexity index is 425. The van der Waals surface area contributed by atoms with E-state index in [0.29, 0.717) is 6.04 Å². The lowest BCUT2D eigenvalue weighted by molar-refractivity contribution is 0.229. The van der Waals surface area contributed by atoms with Crippen molar-refractivity contribution in [2.45, 2.75) is 76.4 Å². The van der Waals surface area contributed by atoms with Crippen molar-refractivity contribution in [1.82, 2.24) is 14.7 Å². The number of aromatic nitrogens is 2. The fourth-order valence-corrected chi connectivity index (χ4v) is 4.12. The minimum absolute atomic E-state index is 0.651. The molecule has 1 saturated carbocycles. The fraction of sp³-hybridized carbons (Fsp3) is 0.824. The number of hydrogen-bond donors (Lipinski definition) is 0. The predicted octanol–water partition coefficient (Wildman–Crippen LogP) is 4.37. The highest BCUT2D eigenvalue weighted by Gasteiger charge is 2.25. The van der Waals surface area contributed by atoms with Crippen molar-refractivity contribution in [2.24, 2.45) is 0 Å². The van der Waals surface area contributed by atoms with Gasteiger partial charge in [0, 0.05) is 24.7 Å². The molecule has 21 heavy (non-hydrogen) atoms. The molecule has 1 aromatic heterocycles. The van der Waals surface area contributed by atoms with Gasteiger partial charge in [0.25, 0.3) is 0 Å². The Hall–Kier alpha value is -0.540. The van der Waals surface area contributed by atoms with Gasteiger partial charge in [-0.05, 0) is 51.1 Å². The van der Waals surface area contributed by atoms with Crippen molar-refractivity contribution < 1.29 is 0 Å². The normalized spacial score (nSPS) is 24.7. The number of hydrogen-bond acceptors (Lipinski definition) is 2. The summed E-state index contributed by atoms with van der Waals surface area (Å²) in [5.74, 6) is 0.792. The van der Waals surface area contributed by atoms with Crippen LogP contribution in [0.3, 0.4) is 0 Å². The zero-order valence-corrected chi connectivity index (χ0v) is 13.8. The van der Waals surface area contributed by atoms with E-state index in [4.69, 9.17) is 16.7 Å². The largest absolute Gasteiger partial charge is 0.294 e. The van der Waals surface area contributed by atoms with Crippen LogP contribution in [0.4, 0.5) is 0 Å². The lowest BCUT2D eigenvalue weighted by Crippen LogP contribution is -2.29.